The van der Waals surface area contributed by atoms with Crippen LogP contribution in [0.1, 0.15) is 15.9 Å². The van der Waals surface area contributed by atoms with Gasteiger partial charge in [0.15, 0.2) is 5.78 Å². The van der Waals surface area contributed by atoms with Crippen molar-refractivity contribution < 1.29 is 9.90 Å². The lowest BCUT2D eigenvalue weighted by molar-refractivity contribution is 0.104. The second-order valence-electron chi connectivity index (χ2n) is 5.82. The third-order valence-electron chi connectivity index (χ3n) is 4.31. The molecule has 1 aromatic heterocycles. The molecule has 5 nitrogen and oxygen atoms in total. The van der Waals surface area contributed by atoms with E-state index < -0.39 is 0 Å². The van der Waals surface area contributed by atoms with E-state index in [2.05, 4.69) is 15.6 Å². The first kappa shape index (κ1) is 23.0. The highest BCUT2D eigenvalue weighted by molar-refractivity contribution is 6.28. The Morgan fingerprint density at radius 3 is 2.37 bits per heavy atom. The number of carbonyl (C=O) groups is 1. The minimum absolute atomic E-state index is 0. The lowest BCUT2D eigenvalue weighted by Crippen LogP contribution is -2.19. The summed E-state index contributed by atoms with van der Waals surface area (Å²) >= 11 is 0. The van der Waals surface area contributed by atoms with Crippen LogP contribution in [0.5, 0.6) is 5.75 Å². The van der Waals surface area contributed by atoms with Gasteiger partial charge in [0, 0.05) is 35.7 Å². The molecule has 0 saturated heterocycles. The van der Waals surface area contributed by atoms with Crippen molar-refractivity contribution in [3.63, 3.8) is 0 Å². The highest BCUT2D eigenvalue weighted by atomic mass is 35.5. The maximum atomic E-state index is 12.9. The van der Waals surface area contributed by atoms with Crippen molar-refractivity contribution in [2.24, 2.45) is 0 Å². The van der Waals surface area contributed by atoms with E-state index in [1.807, 2.05) is 37.4 Å². The summed E-state index contributed by atoms with van der Waals surface area (Å²) in [6, 6.07) is 12.7. The molecule has 0 bridgehead atoms. The van der Waals surface area contributed by atoms with Crippen LogP contribution in [0.25, 0.3) is 22.0 Å². The molecule has 0 fully saturated rings. The summed E-state index contributed by atoms with van der Waals surface area (Å²) in [5.41, 5.74) is 3.81. The van der Waals surface area contributed by atoms with Crippen LogP contribution in [0.2, 0.25) is 0 Å². The minimum Gasteiger partial charge on any atom is -0.508 e. The summed E-state index contributed by atoms with van der Waals surface area (Å²) in [4.78, 5) is 17.5. The van der Waals surface area contributed by atoms with Gasteiger partial charge < -0.3 is 15.7 Å². The van der Waals surface area contributed by atoms with Gasteiger partial charge in [0.1, 0.15) is 11.6 Å². The normalized spacial score (nSPS) is 10.9. The number of hydrogen-bond acceptors (Lipinski definition) is 5. The van der Waals surface area contributed by atoms with E-state index in [0.29, 0.717) is 29.0 Å². The van der Waals surface area contributed by atoms with Crippen molar-refractivity contribution in [2.75, 3.05) is 25.5 Å². The first-order valence-electron chi connectivity index (χ1n) is 7.90. The monoisotopic (exact) mass is 427 g/mol. The zero-order chi connectivity index (χ0) is 16.7. The Kier molecular flexibility index (Phi) is 7.87. The Bertz CT molecular complexity index is 980. The number of phenolic OH excluding ortho intramolecular Hbond substituents is 1. The third-order valence-corrected chi connectivity index (χ3v) is 4.31. The number of ketones is 1. The average molecular weight is 429 g/mol. The molecule has 0 atom stereocenters. The summed E-state index contributed by atoms with van der Waals surface area (Å²) in [6.07, 6.45) is 0. The lowest BCUT2D eigenvalue weighted by atomic mass is 10.0. The molecule has 0 radical (unpaired) electrons. The highest BCUT2D eigenvalue weighted by Crippen LogP contribution is 2.44. The van der Waals surface area contributed by atoms with E-state index in [-0.39, 0.29) is 48.8 Å². The van der Waals surface area contributed by atoms with Crippen LogP contribution >= 0.6 is 37.2 Å². The Balaban J connectivity index is 0.00000121. The predicted octanol–water partition coefficient (Wildman–Crippen LogP) is 4.05. The van der Waals surface area contributed by atoms with E-state index in [1.54, 1.807) is 12.1 Å². The van der Waals surface area contributed by atoms with Gasteiger partial charge in [0.25, 0.3) is 0 Å². The first-order chi connectivity index (χ1) is 11.7. The van der Waals surface area contributed by atoms with Crippen molar-refractivity contribution in [1.29, 1.82) is 0 Å². The van der Waals surface area contributed by atoms with Crippen LogP contribution in [-0.4, -0.2) is 36.0 Å². The molecule has 1 aliphatic rings. The van der Waals surface area contributed by atoms with Crippen LogP contribution in [-0.2, 0) is 0 Å². The second-order valence-corrected chi connectivity index (χ2v) is 5.82. The van der Waals surface area contributed by atoms with Crippen molar-refractivity contribution in [2.45, 2.75) is 0 Å². The van der Waals surface area contributed by atoms with Gasteiger partial charge >= 0.3 is 0 Å². The number of carbonyl (C=O) groups excluding carboxylic acids is 1. The number of anilines is 1. The molecule has 0 saturated carbocycles. The molecule has 3 aromatic rings. The Hall–Kier alpha value is -2.05. The highest BCUT2D eigenvalue weighted by Gasteiger charge is 2.31. The summed E-state index contributed by atoms with van der Waals surface area (Å²) in [6.45, 7) is 1.42. The van der Waals surface area contributed by atoms with Crippen molar-refractivity contribution in [3.8, 4) is 16.9 Å². The molecule has 144 valence electrons. The van der Waals surface area contributed by atoms with Crippen LogP contribution in [0.4, 0.5) is 5.82 Å². The van der Waals surface area contributed by atoms with E-state index in [1.165, 1.54) is 0 Å². The summed E-state index contributed by atoms with van der Waals surface area (Å²) in [5, 5.41) is 17.0. The molecule has 0 amide bonds. The van der Waals surface area contributed by atoms with Crippen molar-refractivity contribution >= 4 is 59.7 Å². The molecule has 0 spiro atoms. The van der Waals surface area contributed by atoms with Gasteiger partial charge in [0.2, 0.25) is 0 Å². The first-order valence-corrected chi connectivity index (χ1v) is 7.90. The van der Waals surface area contributed by atoms with Gasteiger partial charge in [-0.15, -0.1) is 37.2 Å². The molecule has 1 aliphatic carbocycles. The van der Waals surface area contributed by atoms with Crippen LogP contribution in [0.15, 0.2) is 42.5 Å². The number of likely N-dealkylation sites (N-methyl/N-ethyl adjacent to an activating group) is 1. The maximum absolute atomic E-state index is 12.9. The number of hydrogen-bond donors (Lipinski definition) is 3. The Morgan fingerprint density at radius 2 is 1.67 bits per heavy atom. The van der Waals surface area contributed by atoms with Gasteiger partial charge in [-0.05, 0) is 24.7 Å². The maximum Gasteiger partial charge on any atom is 0.198 e. The number of aromatic hydroxyl groups is 1. The van der Waals surface area contributed by atoms with E-state index in [4.69, 9.17) is 0 Å². The fraction of sp³-hybridized carbons (Fsp3) is 0.158. The number of halogens is 3. The topological polar surface area (TPSA) is 74.2 Å². The molecule has 0 aliphatic heterocycles. The molecule has 1 heterocycles. The number of rotatable bonds is 4. The summed E-state index contributed by atoms with van der Waals surface area (Å²) in [7, 11) is 1.87. The van der Waals surface area contributed by atoms with Gasteiger partial charge in [-0.25, -0.2) is 4.98 Å². The van der Waals surface area contributed by atoms with Gasteiger partial charge in [-0.2, -0.15) is 0 Å². The smallest absolute Gasteiger partial charge is 0.198 e. The fourth-order valence-corrected chi connectivity index (χ4v) is 3.22. The van der Waals surface area contributed by atoms with Gasteiger partial charge in [0.05, 0.1) is 11.1 Å². The summed E-state index contributed by atoms with van der Waals surface area (Å²) in [5.74, 6) is 0.725. The number of pyridine rings is 1. The van der Waals surface area contributed by atoms with Gasteiger partial charge in [-0.3, -0.25) is 4.79 Å². The summed E-state index contributed by atoms with van der Waals surface area (Å²) < 4.78 is 0. The van der Waals surface area contributed by atoms with E-state index >= 15 is 0 Å². The molecule has 4 rings (SSSR count). The van der Waals surface area contributed by atoms with Crippen molar-refractivity contribution in [1.82, 2.24) is 10.3 Å². The molecule has 2 aromatic carbocycles. The van der Waals surface area contributed by atoms with Crippen LogP contribution in [0.3, 0.4) is 0 Å². The molecular formula is C19H20Cl3N3O2. The predicted molar refractivity (Wildman–Crippen MR) is 116 cm³/mol. The number of nitrogens with one attached hydrogen (secondary N) is 2. The number of benzene rings is 2. The lowest BCUT2D eigenvalue weighted by Gasteiger charge is -2.13. The molecule has 0 unspecified atom stereocenters. The SMILES string of the molecule is CNCCNc1nc2cc(O)ccc2c2c1C(=O)c1ccccc1-2.Cl.Cl.Cl. The second kappa shape index (κ2) is 9.24. The number of phenols is 1. The Morgan fingerprint density at radius 1 is 0.963 bits per heavy atom. The van der Waals surface area contributed by atoms with Gasteiger partial charge in [-0.1, -0.05) is 24.3 Å². The van der Waals surface area contributed by atoms with Crippen LogP contribution in [0, 0.1) is 0 Å². The van der Waals surface area contributed by atoms with E-state index in [9.17, 15) is 9.90 Å². The Labute approximate surface area is 175 Å². The third kappa shape index (κ3) is 3.82. The molecular weight excluding hydrogens is 409 g/mol. The molecule has 3 N–H and O–H groups in total. The number of fused-ring (bicyclic) bond motifs is 5. The molecule has 8 heteroatoms. The number of nitrogens with zero attached hydrogens (tertiary/aromatic N) is 1. The minimum atomic E-state index is -0.00460. The van der Waals surface area contributed by atoms with E-state index in [0.717, 1.165) is 23.1 Å². The molecule has 27 heavy (non-hydrogen) atoms. The fourth-order valence-electron chi connectivity index (χ4n) is 3.22. The van der Waals surface area contributed by atoms with Crippen molar-refractivity contribution in [3.05, 3.63) is 53.6 Å². The number of aromatic nitrogens is 1. The average Bonchev–Trinajstić information content (AvgIpc) is 2.89. The largest absolute Gasteiger partial charge is 0.508 e. The van der Waals surface area contributed by atoms with Crippen LogP contribution < -0.4 is 10.6 Å². The zero-order valence-electron chi connectivity index (χ0n) is 14.5. The quantitative estimate of drug-likeness (QED) is 0.428. The standard InChI is InChI=1S/C19H17N3O2.3ClH/c1-20-8-9-21-19-17-16(12-4-2-3-5-13(12)18(17)24)14-7-6-11(23)10-15(14)22-19;;;/h2-7,10,20,23H,8-9H2,1H3,(H,21,22);3*1H. The zero-order valence-corrected chi connectivity index (χ0v) is 16.9.